The molecule has 0 aliphatic heterocycles. The molecule has 0 aliphatic carbocycles. The molecule has 0 atom stereocenters. The fourth-order valence-corrected chi connectivity index (χ4v) is 2.06. The second-order valence-corrected chi connectivity index (χ2v) is 5.90. The monoisotopic (exact) mass is 356 g/mol. The zero-order chi connectivity index (χ0) is 19.1. The Kier molecular flexibility index (Phi) is 19.3. The fraction of sp³-hybridized carbons (Fsp3) is 0.458. The minimum absolute atomic E-state index is 0.201. The van der Waals surface area contributed by atoms with Gasteiger partial charge >= 0.3 is 5.97 Å². The van der Waals surface area contributed by atoms with Crippen molar-refractivity contribution in [2.24, 2.45) is 0 Å². The van der Waals surface area contributed by atoms with Crippen molar-refractivity contribution >= 4 is 5.97 Å². The lowest BCUT2D eigenvalue weighted by Gasteiger charge is -1.97. The van der Waals surface area contributed by atoms with Gasteiger partial charge in [0.05, 0.1) is 6.61 Å². The summed E-state index contributed by atoms with van der Waals surface area (Å²) >= 11 is 0. The van der Waals surface area contributed by atoms with Crippen molar-refractivity contribution < 1.29 is 9.53 Å². The second-order valence-electron chi connectivity index (χ2n) is 5.90. The van der Waals surface area contributed by atoms with Crippen molar-refractivity contribution in [1.29, 1.82) is 0 Å². The van der Waals surface area contributed by atoms with Crippen LogP contribution in [0.5, 0.6) is 0 Å². The minimum Gasteiger partial charge on any atom is -0.466 e. The summed E-state index contributed by atoms with van der Waals surface area (Å²) in [5, 5.41) is 0. The molecule has 0 fully saturated rings. The first kappa shape index (κ1) is 23.9. The molecule has 0 bridgehead atoms. The smallest absolute Gasteiger partial charge is 0.302 e. The summed E-state index contributed by atoms with van der Waals surface area (Å²) in [6, 6.07) is 0. The van der Waals surface area contributed by atoms with E-state index >= 15 is 0 Å². The largest absolute Gasteiger partial charge is 0.466 e. The fourth-order valence-electron chi connectivity index (χ4n) is 2.06. The summed E-state index contributed by atoms with van der Waals surface area (Å²) in [6.45, 7) is 4.11. The summed E-state index contributed by atoms with van der Waals surface area (Å²) in [7, 11) is 0. The van der Waals surface area contributed by atoms with Crippen LogP contribution in [0.3, 0.4) is 0 Å². The highest BCUT2D eigenvalue weighted by Gasteiger charge is 1.89. The molecule has 0 aromatic heterocycles. The van der Waals surface area contributed by atoms with Crippen LogP contribution < -0.4 is 0 Å². The predicted molar refractivity (Wildman–Crippen MR) is 114 cm³/mol. The number of unbranched alkanes of at least 4 members (excludes halogenated alkanes) is 1. The first-order valence-electron chi connectivity index (χ1n) is 9.80. The lowest BCUT2D eigenvalue weighted by atomic mass is 10.2. The van der Waals surface area contributed by atoms with E-state index in [0.717, 1.165) is 51.4 Å². The van der Waals surface area contributed by atoms with Gasteiger partial charge in [-0.05, 0) is 51.4 Å². The number of hydrogen-bond acceptors (Lipinski definition) is 2. The molecule has 2 heteroatoms. The molecular formula is C24H36O2. The van der Waals surface area contributed by atoms with Gasteiger partial charge in [-0.25, -0.2) is 0 Å². The number of carbonyl (C=O) groups excluding carboxylic acids is 1. The molecule has 0 radical (unpaired) electrons. The van der Waals surface area contributed by atoms with Gasteiger partial charge in [0.15, 0.2) is 0 Å². The van der Waals surface area contributed by atoms with Crippen molar-refractivity contribution in [2.45, 2.75) is 65.2 Å². The molecule has 26 heavy (non-hydrogen) atoms. The highest BCUT2D eigenvalue weighted by molar-refractivity contribution is 5.65. The Hall–Kier alpha value is -2.09. The van der Waals surface area contributed by atoms with Gasteiger partial charge in [0.1, 0.15) is 0 Å². The van der Waals surface area contributed by atoms with E-state index < -0.39 is 0 Å². The van der Waals surface area contributed by atoms with Gasteiger partial charge in [-0.1, -0.05) is 79.8 Å². The molecule has 0 N–H and O–H groups in total. The summed E-state index contributed by atoms with van der Waals surface area (Å²) in [5.41, 5.74) is 0. The van der Waals surface area contributed by atoms with E-state index in [1.165, 1.54) is 6.92 Å². The summed E-state index contributed by atoms with van der Waals surface area (Å²) in [4.78, 5) is 10.6. The van der Waals surface area contributed by atoms with Gasteiger partial charge in [-0.15, -0.1) is 0 Å². The molecule has 0 unspecified atom stereocenters. The van der Waals surface area contributed by atoms with E-state index in [9.17, 15) is 4.79 Å². The first-order chi connectivity index (χ1) is 12.8. The van der Waals surface area contributed by atoms with Gasteiger partial charge in [0.25, 0.3) is 0 Å². The van der Waals surface area contributed by atoms with E-state index in [1.807, 2.05) is 0 Å². The Morgan fingerprint density at radius 1 is 0.654 bits per heavy atom. The van der Waals surface area contributed by atoms with Gasteiger partial charge in [0.2, 0.25) is 0 Å². The molecular weight excluding hydrogens is 320 g/mol. The van der Waals surface area contributed by atoms with Gasteiger partial charge in [-0.2, -0.15) is 0 Å². The van der Waals surface area contributed by atoms with Crippen LogP contribution in [0.2, 0.25) is 0 Å². The van der Waals surface area contributed by atoms with Crippen LogP contribution in [0.4, 0.5) is 0 Å². The Balaban J connectivity index is 3.48. The first-order valence-corrected chi connectivity index (χ1v) is 9.80. The number of ether oxygens (including phenoxy) is 1. The summed E-state index contributed by atoms with van der Waals surface area (Å²) in [5.74, 6) is -0.201. The molecule has 0 saturated heterocycles. The molecule has 0 aromatic carbocycles. The van der Waals surface area contributed by atoms with E-state index in [-0.39, 0.29) is 5.97 Å². The zero-order valence-electron chi connectivity index (χ0n) is 16.6. The van der Waals surface area contributed by atoms with Gasteiger partial charge in [-0.3, -0.25) is 4.79 Å². The van der Waals surface area contributed by atoms with Crippen LogP contribution in [0.1, 0.15) is 65.2 Å². The Labute approximate surface area is 160 Å². The standard InChI is InChI=1S/C24H36O2/c1-3-4-5-6-7-8-9-10-11-12-13-14-15-16-17-18-19-20-21-22-23-26-24(2)25/h4-5,7-8,10-11,13-14,16-17,19-20H,3,6,9,12,15,18,21-23H2,1-2H3. The van der Waals surface area contributed by atoms with E-state index in [0.29, 0.717) is 6.61 Å². The molecule has 0 rings (SSSR count). The predicted octanol–water partition coefficient (Wildman–Crippen LogP) is 7.03. The van der Waals surface area contributed by atoms with Gasteiger partial charge in [0, 0.05) is 6.92 Å². The zero-order valence-corrected chi connectivity index (χ0v) is 16.6. The molecule has 144 valence electrons. The van der Waals surface area contributed by atoms with Crippen molar-refractivity contribution in [3.63, 3.8) is 0 Å². The summed E-state index contributed by atoms with van der Waals surface area (Å²) in [6.07, 6.45) is 34.3. The normalized spacial score (nSPS) is 12.8. The SMILES string of the molecule is CCC=CCC=CCC=CCC=CCC=CCC=CCCCOC(C)=O. The lowest BCUT2D eigenvalue weighted by molar-refractivity contribution is -0.141. The quantitative estimate of drug-likeness (QED) is 0.179. The van der Waals surface area contributed by atoms with Crippen LogP contribution >= 0.6 is 0 Å². The molecule has 2 nitrogen and oxygen atoms in total. The van der Waals surface area contributed by atoms with Crippen molar-refractivity contribution in [3.05, 3.63) is 72.9 Å². The van der Waals surface area contributed by atoms with Crippen LogP contribution in [-0.2, 0) is 9.53 Å². The van der Waals surface area contributed by atoms with Crippen LogP contribution in [0, 0.1) is 0 Å². The number of carbonyl (C=O) groups is 1. The maximum atomic E-state index is 10.6. The molecule has 0 aromatic rings. The number of rotatable bonds is 15. The van der Waals surface area contributed by atoms with E-state index in [4.69, 9.17) is 4.74 Å². The number of hydrogen-bond donors (Lipinski definition) is 0. The maximum absolute atomic E-state index is 10.6. The Bertz CT molecular complexity index is 490. The molecule has 0 amide bonds. The van der Waals surface area contributed by atoms with Crippen LogP contribution in [0.25, 0.3) is 0 Å². The third-order valence-corrected chi connectivity index (χ3v) is 3.42. The molecule has 0 saturated carbocycles. The average molecular weight is 357 g/mol. The molecule has 0 spiro atoms. The number of esters is 1. The lowest BCUT2D eigenvalue weighted by Crippen LogP contribution is -1.99. The average Bonchev–Trinajstić information content (AvgIpc) is 2.62. The van der Waals surface area contributed by atoms with E-state index in [1.54, 1.807) is 0 Å². The third-order valence-electron chi connectivity index (χ3n) is 3.42. The third kappa shape index (κ3) is 21.9. The van der Waals surface area contributed by atoms with E-state index in [2.05, 4.69) is 79.8 Å². The van der Waals surface area contributed by atoms with Crippen molar-refractivity contribution in [3.8, 4) is 0 Å². The maximum Gasteiger partial charge on any atom is 0.302 e. The van der Waals surface area contributed by atoms with Gasteiger partial charge < -0.3 is 4.74 Å². The van der Waals surface area contributed by atoms with Crippen LogP contribution in [-0.4, -0.2) is 12.6 Å². The second kappa shape index (κ2) is 21.0. The molecule has 0 aliphatic rings. The summed E-state index contributed by atoms with van der Waals surface area (Å²) < 4.78 is 4.87. The minimum atomic E-state index is -0.201. The highest BCUT2D eigenvalue weighted by atomic mass is 16.5. The topological polar surface area (TPSA) is 26.3 Å². The van der Waals surface area contributed by atoms with Crippen molar-refractivity contribution in [1.82, 2.24) is 0 Å². The highest BCUT2D eigenvalue weighted by Crippen LogP contribution is 1.98. The Morgan fingerprint density at radius 2 is 1.04 bits per heavy atom. The number of allylic oxidation sites excluding steroid dienone is 12. The Morgan fingerprint density at radius 3 is 1.42 bits per heavy atom. The van der Waals surface area contributed by atoms with Crippen LogP contribution in [0.15, 0.2) is 72.9 Å². The van der Waals surface area contributed by atoms with Crippen molar-refractivity contribution in [2.75, 3.05) is 6.61 Å². The molecule has 0 heterocycles.